The number of nitrogens with zero attached hydrogens (tertiary/aromatic N) is 2. The maximum atomic E-state index is 3.81. The van der Waals surface area contributed by atoms with E-state index in [0.717, 1.165) is 35.6 Å². The molecule has 0 aromatic heterocycles. The van der Waals surface area contributed by atoms with Gasteiger partial charge in [0.25, 0.3) is 0 Å². The van der Waals surface area contributed by atoms with Crippen molar-refractivity contribution in [3.05, 3.63) is 274 Å². The Hall–Kier alpha value is -7.68. The molecule has 10 rings (SSSR count). The van der Waals surface area contributed by atoms with Gasteiger partial charge >= 0.3 is 0 Å². The molecule has 8 aromatic carbocycles. The van der Waals surface area contributed by atoms with Crippen LogP contribution in [0.5, 0.6) is 0 Å². The highest BCUT2D eigenvalue weighted by atomic mass is 15.1. The van der Waals surface area contributed by atoms with E-state index in [0.29, 0.717) is 5.92 Å². The predicted octanol–water partition coefficient (Wildman–Crippen LogP) is 21.4. The first-order valence-electron chi connectivity index (χ1n) is 27.8. The van der Waals surface area contributed by atoms with Crippen molar-refractivity contribution in [1.82, 2.24) is 0 Å². The topological polar surface area (TPSA) is 6.48 Å². The highest BCUT2D eigenvalue weighted by Gasteiger charge is 2.49. The van der Waals surface area contributed by atoms with Crippen LogP contribution in [-0.2, 0) is 17.3 Å². The monoisotopic (exact) mass is 1010 g/mol. The van der Waals surface area contributed by atoms with Crippen molar-refractivity contribution in [2.24, 2.45) is 11.3 Å². The van der Waals surface area contributed by atoms with Crippen LogP contribution in [0.15, 0.2) is 218 Å². The fourth-order valence-corrected chi connectivity index (χ4v) is 11.2. The highest BCUT2D eigenvalue weighted by Crippen LogP contribution is 2.60. The van der Waals surface area contributed by atoms with Gasteiger partial charge in [-0.3, -0.25) is 0 Å². The number of rotatable bonds is 12. The molecule has 2 aliphatic carbocycles. The summed E-state index contributed by atoms with van der Waals surface area (Å²) in [6.45, 7) is 33.4. The molecule has 2 nitrogen and oxygen atoms in total. The van der Waals surface area contributed by atoms with Gasteiger partial charge in [0.1, 0.15) is 0 Å². The zero-order valence-corrected chi connectivity index (χ0v) is 48.2. The molecule has 0 fully saturated rings. The Morgan fingerprint density at radius 1 is 0.481 bits per heavy atom. The average molecular weight is 1010 g/mol. The normalized spacial score (nSPS) is 15.2. The number of hydrogen-bond donors (Lipinski definition) is 0. The van der Waals surface area contributed by atoms with Crippen molar-refractivity contribution in [2.75, 3.05) is 9.80 Å². The molecular formula is C75H80N2. The van der Waals surface area contributed by atoms with Crippen molar-refractivity contribution >= 4 is 45.8 Å². The summed E-state index contributed by atoms with van der Waals surface area (Å²) in [5.41, 5.74) is 27.1. The minimum Gasteiger partial charge on any atom is -0.311 e. The molecule has 1 spiro atoms. The summed E-state index contributed by atoms with van der Waals surface area (Å²) in [6.07, 6.45) is 11.1. The summed E-state index contributed by atoms with van der Waals surface area (Å²) in [6, 6.07) is 67.3. The summed E-state index contributed by atoms with van der Waals surface area (Å²) in [5.74, 6) is 0.505. The standard InChI is InChI=1S/C52H57N.C23H23N/c1-34-15-24-43(25-16-34)53(44-26-17-35(2)18-27-44)45-28-21-39(22-29-45)40-19-20-41-31-37(4)52(48(41)32-40)38(5)46(14-12-13-36(3)50(6,7)8)47-30-23-42(33-49(47)52)51(9,10)11;1-4-5-20-10-16-23(17-11-20)24(21-12-6-18(2)7-13-21)22-14-8-19(3)9-15-22/h12-13,15-33,36H,14H2,1-11H3;4,6-17H,1,5H2,2-3H3/b13-12-;. The first kappa shape index (κ1) is 54.1. The van der Waals surface area contributed by atoms with E-state index in [-0.39, 0.29) is 16.2 Å². The molecule has 0 saturated carbocycles. The average Bonchev–Trinajstić information content (AvgIpc) is 4.05. The third kappa shape index (κ3) is 11.3. The van der Waals surface area contributed by atoms with Gasteiger partial charge in [0.05, 0.1) is 5.41 Å². The van der Waals surface area contributed by atoms with Crippen LogP contribution in [0, 0.1) is 39.0 Å². The van der Waals surface area contributed by atoms with Crippen molar-refractivity contribution in [2.45, 2.75) is 114 Å². The van der Waals surface area contributed by atoms with E-state index in [1.54, 1.807) is 0 Å². The lowest BCUT2D eigenvalue weighted by Crippen LogP contribution is -2.27. The molecule has 8 aromatic rings. The summed E-state index contributed by atoms with van der Waals surface area (Å²) >= 11 is 0. The number of allylic oxidation sites excluding steroid dienone is 6. The summed E-state index contributed by atoms with van der Waals surface area (Å²) in [7, 11) is 0. The first-order valence-corrected chi connectivity index (χ1v) is 27.8. The maximum absolute atomic E-state index is 3.81. The number of fused-ring (bicyclic) bond motifs is 4. The van der Waals surface area contributed by atoms with Crippen LogP contribution < -0.4 is 9.80 Å². The first-order chi connectivity index (χ1) is 36.8. The second-order valence-corrected chi connectivity index (χ2v) is 24.0. The van der Waals surface area contributed by atoms with Gasteiger partial charge in [0, 0.05) is 34.1 Å². The lowest BCUT2D eigenvalue weighted by Gasteiger charge is -2.33. The number of anilines is 6. The van der Waals surface area contributed by atoms with Crippen LogP contribution >= 0.6 is 0 Å². The van der Waals surface area contributed by atoms with Crippen LogP contribution in [-0.4, -0.2) is 0 Å². The van der Waals surface area contributed by atoms with Crippen LogP contribution in [0.25, 0.3) is 22.8 Å². The van der Waals surface area contributed by atoms with Crippen LogP contribution in [0.3, 0.4) is 0 Å². The highest BCUT2D eigenvalue weighted by molar-refractivity contribution is 5.91. The molecule has 0 radical (unpaired) electrons. The largest absolute Gasteiger partial charge is 0.311 e. The van der Waals surface area contributed by atoms with Gasteiger partial charge in [0.2, 0.25) is 0 Å². The van der Waals surface area contributed by atoms with E-state index in [9.17, 15) is 0 Å². The lowest BCUT2D eigenvalue weighted by molar-refractivity contribution is 0.314. The summed E-state index contributed by atoms with van der Waals surface area (Å²) in [4.78, 5) is 4.64. The van der Waals surface area contributed by atoms with Crippen LogP contribution in [0.2, 0.25) is 0 Å². The quantitative estimate of drug-likeness (QED) is 0.113. The zero-order valence-electron chi connectivity index (χ0n) is 48.2. The Balaban J connectivity index is 0.000000251. The summed E-state index contributed by atoms with van der Waals surface area (Å²) < 4.78 is 0. The van der Waals surface area contributed by atoms with Crippen LogP contribution in [0.4, 0.5) is 34.1 Å². The molecular weight excluding hydrogens is 929 g/mol. The van der Waals surface area contributed by atoms with Gasteiger partial charge < -0.3 is 9.80 Å². The van der Waals surface area contributed by atoms with Crippen molar-refractivity contribution in [3.63, 3.8) is 0 Å². The smallest absolute Gasteiger partial charge is 0.0637 e. The maximum Gasteiger partial charge on any atom is 0.0637 e. The third-order valence-electron chi connectivity index (χ3n) is 16.4. The van der Waals surface area contributed by atoms with Gasteiger partial charge in [-0.2, -0.15) is 0 Å². The fourth-order valence-electron chi connectivity index (χ4n) is 11.2. The molecule has 0 N–H and O–H groups in total. The van der Waals surface area contributed by atoms with E-state index >= 15 is 0 Å². The molecule has 0 heterocycles. The molecule has 0 aliphatic heterocycles. The van der Waals surface area contributed by atoms with E-state index in [2.05, 4.69) is 307 Å². The van der Waals surface area contributed by atoms with E-state index in [1.165, 1.54) is 94.9 Å². The Labute approximate surface area is 462 Å². The molecule has 2 heteroatoms. The summed E-state index contributed by atoms with van der Waals surface area (Å²) in [5, 5.41) is 0. The minimum absolute atomic E-state index is 0.0581. The van der Waals surface area contributed by atoms with E-state index < -0.39 is 0 Å². The minimum atomic E-state index is -0.269. The third-order valence-corrected chi connectivity index (χ3v) is 16.4. The Morgan fingerprint density at radius 3 is 1.34 bits per heavy atom. The van der Waals surface area contributed by atoms with Gasteiger partial charge in [-0.25, -0.2) is 0 Å². The van der Waals surface area contributed by atoms with E-state index in [4.69, 9.17) is 0 Å². The molecule has 2 aliphatic rings. The van der Waals surface area contributed by atoms with Crippen molar-refractivity contribution in [3.8, 4) is 11.1 Å². The van der Waals surface area contributed by atoms with Gasteiger partial charge in [-0.1, -0.05) is 209 Å². The molecule has 0 amide bonds. The van der Waals surface area contributed by atoms with Gasteiger partial charge in [0.15, 0.2) is 0 Å². The second kappa shape index (κ2) is 22.1. The Morgan fingerprint density at radius 2 is 0.909 bits per heavy atom. The molecule has 0 bridgehead atoms. The lowest BCUT2D eigenvalue weighted by atomic mass is 9.68. The second-order valence-electron chi connectivity index (χ2n) is 24.0. The molecule has 390 valence electrons. The molecule has 77 heavy (non-hydrogen) atoms. The van der Waals surface area contributed by atoms with Gasteiger partial charge in [-0.05, 0) is 200 Å². The SMILES string of the molecule is C=CCc1ccc(N(c2ccc(C)cc2)c2ccc(C)cc2)cc1.CC1=Cc2ccc(-c3ccc(N(c4ccc(C)cc4)c4ccc(C)cc4)cc3)cc2C12C(C)=C(C/C=C\C(C)C(C)(C)C)c1ccc(C(C)(C)C)cc12. The van der Waals surface area contributed by atoms with Gasteiger partial charge in [-0.15, -0.1) is 6.58 Å². The number of aryl methyl sites for hydroxylation is 4. The number of hydrogen-bond acceptors (Lipinski definition) is 2. The Bertz CT molecular complexity index is 3370. The van der Waals surface area contributed by atoms with E-state index in [1.807, 2.05) is 6.08 Å². The molecule has 0 saturated heterocycles. The van der Waals surface area contributed by atoms with Crippen LogP contribution in [0.1, 0.15) is 124 Å². The van der Waals surface area contributed by atoms with Crippen molar-refractivity contribution in [1.29, 1.82) is 0 Å². The molecule has 2 atom stereocenters. The number of benzene rings is 8. The molecule has 2 unspecified atom stereocenters. The zero-order chi connectivity index (χ0) is 54.8. The predicted molar refractivity (Wildman–Crippen MR) is 335 cm³/mol. The fraction of sp³-hybridized carbons (Fsp3) is 0.253. The Kier molecular flexibility index (Phi) is 15.5. The van der Waals surface area contributed by atoms with Crippen molar-refractivity contribution < 1.29 is 0 Å².